The van der Waals surface area contributed by atoms with E-state index in [1.54, 1.807) is 36.7 Å². The van der Waals surface area contributed by atoms with E-state index in [2.05, 4.69) is 140 Å². The summed E-state index contributed by atoms with van der Waals surface area (Å²) in [6.07, 6.45) is 16.5. The number of rotatable bonds is 18. The number of carbonyl (C=O) groups is 4. The SMILES string of the molecule is Cc1c(C(=O)CN2CCCCC2)c2ccc(CO)cc2n1-c1ccc(Cl)cc1.[C-]#[N+]c1ccc(-n2c(C)c(C(=O)CN3CCCCC3)c3ccc(C(C)C)cc32)cc1.[C-]#[N+]c1ccc(-n2c(C)c(C(=O)CN3CCCC[C@@H]3C)c3ncc(Br)cc32)cc1.[C-]#[N+]c1ccc(-n2c(C)c(C(=O)CN3CCC[C@@H]3C)c3ncc(Br)cc32)cc1. The predicted octanol–water partition coefficient (Wildman–Crippen LogP) is 22.1. The Morgan fingerprint density at radius 1 is 0.443 bits per heavy atom. The molecule has 21 heteroatoms. The number of fused-ring (bicyclic) bond motifs is 4. The smallest absolute Gasteiger partial charge is 0.187 e. The van der Waals surface area contributed by atoms with Crippen LogP contribution in [0.1, 0.15) is 180 Å². The summed E-state index contributed by atoms with van der Waals surface area (Å²) in [6.45, 7) is 46.0. The topological polar surface area (TPSA) is 160 Å². The van der Waals surface area contributed by atoms with Gasteiger partial charge in [0.1, 0.15) is 0 Å². The number of piperidine rings is 3. The van der Waals surface area contributed by atoms with Gasteiger partial charge in [0.15, 0.2) is 40.2 Å². The monoisotopic (exact) mass is 1680 g/mol. The average molecular weight is 1690 g/mol. The highest BCUT2D eigenvalue weighted by molar-refractivity contribution is 9.10. The Hall–Kier alpha value is -10.0. The molecule has 0 spiro atoms. The molecule has 4 aliphatic rings. The van der Waals surface area contributed by atoms with Crippen molar-refractivity contribution in [3.8, 4) is 22.7 Å². The number of nitrogens with zero attached hydrogens (tertiary/aromatic N) is 13. The molecule has 10 heterocycles. The lowest BCUT2D eigenvalue weighted by Crippen LogP contribution is -2.40. The highest BCUT2D eigenvalue weighted by Gasteiger charge is 2.31. The van der Waals surface area contributed by atoms with Gasteiger partial charge < -0.3 is 23.4 Å². The van der Waals surface area contributed by atoms with Crippen molar-refractivity contribution in [1.29, 1.82) is 0 Å². The van der Waals surface area contributed by atoms with Gasteiger partial charge in [-0.3, -0.25) is 48.7 Å². The summed E-state index contributed by atoms with van der Waals surface area (Å²) in [7, 11) is 0. The summed E-state index contributed by atoms with van der Waals surface area (Å²) in [5, 5.41) is 12.2. The van der Waals surface area contributed by atoms with Crippen LogP contribution < -0.4 is 0 Å². The molecule has 0 saturated carbocycles. The molecule has 0 unspecified atom stereocenters. The second kappa shape index (κ2) is 37.3. The first-order valence-corrected chi connectivity index (χ1v) is 42.0. The van der Waals surface area contributed by atoms with E-state index in [9.17, 15) is 24.3 Å². The van der Waals surface area contributed by atoms with E-state index in [1.165, 1.54) is 50.5 Å². The molecule has 6 aromatic carbocycles. The molecule has 6 aromatic heterocycles. The van der Waals surface area contributed by atoms with Crippen molar-refractivity contribution in [2.45, 2.75) is 151 Å². The third kappa shape index (κ3) is 18.3. The molecule has 2 atom stereocenters. The molecule has 16 rings (SSSR count). The first-order chi connectivity index (χ1) is 55.6. The number of pyridine rings is 2. The van der Waals surface area contributed by atoms with E-state index in [4.69, 9.17) is 31.3 Å². The summed E-state index contributed by atoms with van der Waals surface area (Å²) in [4.78, 5) is 82.1. The number of ketones is 4. The summed E-state index contributed by atoms with van der Waals surface area (Å²) in [5.74, 6) is 1.01. The van der Waals surface area contributed by atoms with E-state index in [1.807, 2.05) is 131 Å². The van der Waals surface area contributed by atoms with Crippen molar-refractivity contribution < 1.29 is 24.3 Å². The van der Waals surface area contributed by atoms with Crippen molar-refractivity contribution in [3.63, 3.8) is 0 Å². The lowest BCUT2D eigenvalue weighted by atomic mass is 9.99. The lowest BCUT2D eigenvalue weighted by molar-refractivity contribution is 0.0859. The highest BCUT2D eigenvalue weighted by atomic mass is 79.9. The van der Waals surface area contributed by atoms with Gasteiger partial charge in [-0.25, -0.2) is 14.5 Å². The molecule has 18 nitrogen and oxygen atoms in total. The summed E-state index contributed by atoms with van der Waals surface area (Å²) >= 11 is 13.1. The summed E-state index contributed by atoms with van der Waals surface area (Å²) in [6, 6.07) is 47.3. The molecule has 1 N–H and O–H groups in total. The van der Waals surface area contributed by atoms with E-state index < -0.39 is 0 Å². The van der Waals surface area contributed by atoms with E-state index in [0.29, 0.717) is 77.4 Å². The quantitative estimate of drug-likeness (QED) is 0.0643. The van der Waals surface area contributed by atoms with Crippen LogP contribution in [0.3, 0.4) is 0 Å². The molecule has 4 fully saturated rings. The van der Waals surface area contributed by atoms with Crippen LogP contribution in [0, 0.1) is 47.4 Å². The fourth-order valence-electron chi connectivity index (χ4n) is 17.1. The zero-order valence-corrected chi connectivity index (χ0v) is 70.8. The number of aliphatic hydroxyl groups is 1. The average Bonchev–Trinajstić information content (AvgIpc) is 1.62. The van der Waals surface area contributed by atoms with Crippen molar-refractivity contribution in [3.05, 3.63) is 262 Å². The van der Waals surface area contributed by atoms with Gasteiger partial charge >= 0.3 is 0 Å². The zero-order valence-electron chi connectivity index (χ0n) is 66.8. The first kappa shape index (κ1) is 82.9. The van der Waals surface area contributed by atoms with E-state index >= 15 is 0 Å². The first-order valence-electron chi connectivity index (χ1n) is 40.0. The number of Topliss-reactive ketones (excluding diaryl/α,β-unsaturated/α-hetero) is 4. The number of aliphatic hydroxyl groups excluding tert-OH is 1. The normalized spacial score (nSPS) is 16.2. The van der Waals surface area contributed by atoms with Gasteiger partial charge in [0.2, 0.25) is 0 Å². The zero-order chi connectivity index (χ0) is 81.3. The standard InChI is InChI=1S/C26H29N3O.C23H23BrN4O.C23H25ClN2O2.C22H21BrN4O/c1-18(2)20-8-13-23-24(16-20)29(22-11-9-21(27-4)10-12-22)19(3)26(23)25(30)17-28-14-6-5-7-15-28;1-15-6-4-5-11-27(15)14-21(29)22-16(2)28(19-9-7-18(25-3)8-10-19)20-12-17(24)13-26-23(20)22;1-16-23(22(28)14-25-11-3-2-4-12-25)20-10-5-17(15-27)13-21(20)26(16)19-8-6-18(24)7-9-19;1-14-5-4-10-26(14)13-20(28)21-15(2)27(18-8-6-17(24-3)7-9-18)19-11-16(23)12-25-22(19)21/h8-13,16,18H,5-7,14-15,17H2,1-3H3;7-10,12-13,15H,4-6,11,14H2,1-2H3;5-10,13,27H,2-4,11-12,14-15H2,1H3;6-9,11-12,14H,4-5,10,13H2,1-2H3/t;15-;;14-/m.0.0/s1. The maximum atomic E-state index is 13.4. The number of carbonyl (C=O) groups excluding carboxylic acids is 4. The van der Waals surface area contributed by atoms with Crippen molar-refractivity contribution in [2.24, 2.45) is 0 Å². The molecule has 0 bridgehead atoms. The largest absolute Gasteiger partial charge is 0.392 e. The maximum absolute atomic E-state index is 13.4. The van der Waals surface area contributed by atoms with Gasteiger partial charge in [-0.15, -0.1) is 0 Å². The van der Waals surface area contributed by atoms with Crippen molar-refractivity contribution in [2.75, 3.05) is 65.4 Å². The minimum atomic E-state index is -0.0299. The number of aromatic nitrogens is 6. The van der Waals surface area contributed by atoms with Gasteiger partial charge in [0.25, 0.3) is 0 Å². The summed E-state index contributed by atoms with van der Waals surface area (Å²) in [5.41, 5.74) is 19.6. The Balaban J connectivity index is 0.000000134. The molecule has 0 radical (unpaired) electrons. The minimum Gasteiger partial charge on any atom is -0.392 e. The Labute approximate surface area is 696 Å². The molecule has 0 amide bonds. The van der Waals surface area contributed by atoms with Crippen molar-refractivity contribution in [1.82, 2.24) is 47.8 Å². The third-order valence-corrected chi connectivity index (χ3v) is 24.4. The molecule has 115 heavy (non-hydrogen) atoms. The number of halogens is 3. The van der Waals surface area contributed by atoms with Crippen molar-refractivity contribution >= 4 is 128 Å². The van der Waals surface area contributed by atoms with Gasteiger partial charge in [0, 0.05) is 106 Å². The summed E-state index contributed by atoms with van der Waals surface area (Å²) < 4.78 is 10.1. The molecule has 590 valence electrons. The fourth-order valence-corrected chi connectivity index (χ4v) is 17.9. The second-order valence-corrected chi connectivity index (χ2v) is 33.4. The second-order valence-electron chi connectivity index (χ2n) is 31.2. The highest BCUT2D eigenvalue weighted by Crippen LogP contribution is 2.38. The van der Waals surface area contributed by atoms with Gasteiger partial charge in [-0.1, -0.05) is 105 Å². The van der Waals surface area contributed by atoms with Crippen LogP contribution in [0.15, 0.2) is 167 Å². The number of likely N-dealkylation sites (tertiary alicyclic amines) is 4. The number of hydrogen-bond acceptors (Lipinski definition) is 11. The molecular weight excluding hydrogens is 1590 g/mol. The van der Waals surface area contributed by atoms with Crippen LogP contribution in [0.2, 0.25) is 5.02 Å². The molecule has 12 aromatic rings. The van der Waals surface area contributed by atoms with Gasteiger partial charge in [0.05, 0.1) is 96.7 Å². The Morgan fingerprint density at radius 2 is 0.800 bits per heavy atom. The molecule has 4 saturated heterocycles. The van der Waals surface area contributed by atoms with Gasteiger partial charge in [-0.2, -0.15) is 0 Å². The van der Waals surface area contributed by atoms with Crippen LogP contribution in [-0.2, 0) is 6.61 Å². The maximum Gasteiger partial charge on any atom is 0.187 e. The van der Waals surface area contributed by atoms with Crippen LogP contribution in [-0.4, -0.2) is 154 Å². The van der Waals surface area contributed by atoms with Gasteiger partial charge in [-0.05, 0) is 266 Å². The molecular formula is C94H98Br2ClN13O5. The van der Waals surface area contributed by atoms with Crippen LogP contribution in [0.25, 0.3) is 81.2 Å². The van der Waals surface area contributed by atoms with E-state index in [-0.39, 0.29) is 29.7 Å². The minimum absolute atomic E-state index is 0.0299. The van der Waals surface area contributed by atoms with Crippen LogP contribution in [0.5, 0.6) is 0 Å². The lowest BCUT2D eigenvalue weighted by Gasteiger charge is -2.32. The number of benzene rings is 6. The Kier molecular flexibility index (Phi) is 26.9. The molecule has 4 aliphatic heterocycles. The predicted molar refractivity (Wildman–Crippen MR) is 470 cm³/mol. The number of hydrogen-bond donors (Lipinski definition) is 1. The third-order valence-electron chi connectivity index (χ3n) is 23.2. The van der Waals surface area contributed by atoms with Crippen LogP contribution in [0.4, 0.5) is 17.1 Å². The Bertz CT molecular complexity index is 5730. The fraction of sp³-hybridized carbons (Fsp3) is 0.351. The van der Waals surface area contributed by atoms with E-state index in [0.717, 1.165) is 180 Å². The molecule has 0 aliphatic carbocycles. The van der Waals surface area contributed by atoms with Crippen LogP contribution >= 0.6 is 43.5 Å². The Morgan fingerprint density at radius 3 is 1.19 bits per heavy atom.